The van der Waals surface area contributed by atoms with E-state index in [1.807, 2.05) is 24.4 Å². The van der Waals surface area contributed by atoms with E-state index in [1.165, 1.54) is 11.1 Å². The Labute approximate surface area is 122 Å². The summed E-state index contributed by atoms with van der Waals surface area (Å²) in [5.74, 6) is 0.356. The molecular weight excluding hydrogens is 262 g/mol. The van der Waals surface area contributed by atoms with Crippen LogP contribution >= 0.6 is 0 Å². The highest BCUT2D eigenvalue weighted by Gasteiger charge is 2.20. The van der Waals surface area contributed by atoms with E-state index >= 15 is 0 Å². The van der Waals surface area contributed by atoms with Crippen molar-refractivity contribution in [2.24, 2.45) is 0 Å². The number of H-pyrrole nitrogens is 1. The fourth-order valence-corrected chi connectivity index (χ4v) is 3.18. The van der Waals surface area contributed by atoms with Crippen LogP contribution in [-0.2, 0) is 6.42 Å². The number of hydrogen-bond acceptors (Lipinski definition) is 3. The van der Waals surface area contributed by atoms with Crippen LogP contribution in [-0.4, -0.2) is 15.3 Å². The van der Waals surface area contributed by atoms with Gasteiger partial charge in [-0.05, 0) is 60.7 Å². The summed E-state index contributed by atoms with van der Waals surface area (Å²) in [5.41, 5.74) is 4.71. The summed E-state index contributed by atoms with van der Waals surface area (Å²) in [4.78, 5) is 0. The molecule has 0 spiro atoms. The first-order chi connectivity index (χ1) is 10.3. The minimum absolute atomic E-state index is 0.304. The van der Waals surface area contributed by atoms with Gasteiger partial charge in [-0.1, -0.05) is 6.07 Å². The van der Waals surface area contributed by atoms with Gasteiger partial charge in [0, 0.05) is 11.1 Å². The van der Waals surface area contributed by atoms with Crippen molar-refractivity contribution in [3.05, 3.63) is 53.7 Å². The van der Waals surface area contributed by atoms with E-state index in [0.29, 0.717) is 11.8 Å². The van der Waals surface area contributed by atoms with Gasteiger partial charge in [0.25, 0.3) is 0 Å². The molecule has 0 aliphatic heterocycles. The van der Waals surface area contributed by atoms with Crippen LogP contribution in [0.3, 0.4) is 0 Å². The molecule has 0 radical (unpaired) electrons. The van der Waals surface area contributed by atoms with Crippen molar-refractivity contribution in [1.82, 2.24) is 10.2 Å². The first-order valence-corrected chi connectivity index (χ1v) is 7.31. The molecule has 1 aromatic heterocycles. The fourth-order valence-electron chi connectivity index (χ4n) is 3.18. The number of anilines is 1. The number of aryl methyl sites for hydroxylation is 1. The van der Waals surface area contributed by atoms with E-state index in [1.54, 1.807) is 6.07 Å². The van der Waals surface area contributed by atoms with Crippen molar-refractivity contribution < 1.29 is 5.11 Å². The van der Waals surface area contributed by atoms with Crippen LogP contribution in [0.1, 0.15) is 30.0 Å². The van der Waals surface area contributed by atoms with E-state index in [9.17, 15) is 5.11 Å². The highest BCUT2D eigenvalue weighted by atomic mass is 16.3. The Bertz CT molecular complexity index is 794. The van der Waals surface area contributed by atoms with Gasteiger partial charge in [-0.2, -0.15) is 5.10 Å². The molecule has 1 aliphatic rings. The number of aromatic amines is 1. The molecule has 3 N–H and O–H groups in total. The molecule has 0 saturated carbocycles. The summed E-state index contributed by atoms with van der Waals surface area (Å²) in [6, 6.07) is 12.3. The molecule has 2 aromatic carbocycles. The second kappa shape index (κ2) is 4.81. The number of aromatic nitrogens is 2. The van der Waals surface area contributed by atoms with Crippen LogP contribution in [0.2, 0.25) is 0 Å². The molecule has 0 bridgehead atoms. The molecule has 1 unspecified atom stereocenters. The van der Waals surface area contributed by atoms with Crippen molar-refractivity contribution in [3.63, 3.8) is 0 Å². The number of nitrogens with zero attached hydrogens (tertiary/aromatic N) is 1. The normalized spacial score (nSPS) is 17.6. The Kier molecular flexibility index (Phi) is 2.81. The lowest BCUT2D eigenvalue weighted by Gasteiger charge is -2.27. The topological polar surface area (TPSA) is 60.9 Å². The quantitative estimate of drug-likeness (QED) is 0.669. The zero-order valence-corrected chi connectivity index (χ0v) is 11.6. The molecule has 21 heavy (non-hydrogen) atoms. The van der Waals surface area contributed by atoms with Crippen molar-refractivity contribution in [1.29, 1.82) is 0 Å². The van der Waals surface area contributed by atoms with Crippen LogP contribution in [0, 0.1) is 0 Å². The molecule has 106 valence electrons. The third-order valence-electron chi connectivity index (χ3n) is 4.22. The van der Waals surface area contributed by atoms with Crippen LogP contribution in [0.4, 0.5) is 5.69 Å². The standard InChI is InChI=1S/C17H17N3O/c21-14-5-6-15-11(9-14)2-1-3-17(15)19-13-4-7-16-12(8-13)10-18-20-16/h4-10,17,19,21H,1-3H2,(H,18,20). The number of phenols is 1. The van der Waals surface area contributed by atoms with Gasteiger partial charge in [0.15, 0.2) is 0 Å². The molecule has 1 aliphatic carbocycles. The maximum absolute atomic E-state index is 9.63. The average molecular weight is 279 g/mol. The third-order valence-corrected chi connectivity index (χ3v) is 4.22. The highest BCUT2D eigenvalue weighted by molar-refractivity contribution is 5.81. The van der Waals surface area contributed by atoms with Crippen molar-refractivity contribution in [2.75, 3.05) is 5.32 Å². The van der Waals surface area contributed by atoms with Gasteiger partial charge in [0.2, 0.25) is 0 Å². The molecule has 0 amide bonds. The fraction of sp³-hybridized carbons (Fsp3) is 0.235. The number of fused-ring (bicyclic) bond motifs is 2. The zero-order chi connectivity index (χ0) is 14.2. The summed E-state index contributed by atoms with van der Waals surface area (Å²) in [6.45, 7) is 0. The van der Waals surface area contributed by atoms with Gasteiger partial charge in [-0.3, -0.25) is 5.10 Å². The Morgan fingerprint density at radius 3 is 3.10 bits per heavy atom. The largest absolute Gasteiger partial charge is 0.508 e. The summed E-state index contributed by atoms with van der Waals surface area (Å²) < 4.78 is 0. The van der Waals surface area contributed by atoms with E-state index in [0.717, 1.165) is 35.9 Å². The summed E-state index contributed by atoms with van der Waals surface area (Å²) in [5, 5.41) is 21.4. The zero-order valence-electron chi connectivity index (χ0n) is 11.6. The second-order valence-electron chi connectivity index (χ2n) is 5.64. The van der Waals surface area contributed by atoms with Gasteiger partial charge in [-0.15, -0.1) is 0 Å². The van der Waals surface area contributed by atoms with Gasteiger partial charge < -0.3 is 10.4 Å². The molecule has 1 atom stereocenters. The van der Waals surface area contributed by atoms with E-state index in [4.69, 9.17) is 0 Å². The van der Waals surface area contributed by atoms with Crippen molar-refractivity contribution in [2.45, 2.75) is 25.3 Å². The molecule has 4 nitrogen and oxygen atoms in total. The maximum Gasteiger partial charge on any atom is 0.115 e. The Morgan fingerprint density at radius 1 is 1.19 bits per heavy atom. The molecule has 0 fully saturated rings. The number of nitrogens with one attached hydrogen (secondary N) is 2. The lowest BCUT2D eigenvalue weighted by Crippen LogP contribution is -2.17. The SMILES string of the molecule is Oc1ccc2c(c1)CCCC2Nc1ccc2[nH]ncc2c1. The first kappa shape index (κ1) is 12.3. The van der Waals surface area contributed by atoms with Crippen LogP contribution in [0.5, 0.6) is 5.75 Å². The Hall–Kier alpha value is -2.49. The number of phenolic OH excluding ortho intramolecular Hbond substituents is 1. The summed E-state index contributed by atoms with van der Waals surface area (Å²) in [7, 11) is 0. The molecule has 4 rings (SSSR count). The van der Waals surface area contributed by atoms with Gasteiger partial charge in [-0.25, -0.2) is 0 Å². The van der Waals surface area contributed by atoms with Crippen LogP contribution < -0.4 is 5.32 Å². The summed E-state index contributed by atoms with van der Waals surface area (Å²) >= 11 is 0. The number of rotatable bonds is 2. The van der Waals surface area contributed by atoms with E-state index in [2.05, 4.69) is 27.6 Å². The predicted octanol–water partition coefficient (Wildman–Crippen LogP) is 3.76. The monoisotopic (exact) mass is 279 g/mol. The van der Waals surface area contributed by atoms with Crippen molar-refractivity contribution >= 4 is 16.6 Å². The lowest BCUT2D eigenvalue weighted by atomic mass is 9.87. The van der Waals surface area contributed by atoms with Crippen LogP contribution in [0.25, 0.3) is 10.9 Å². The lowest BCUT2D eigenvalue weighted by molar-refractivity contribution is 0.472. The smallest absolute Gasteiger partial charge is 0.115 e. The van der Waals surface area contributed by atoms with E-state index in [-0.39, 0.29) is 0 Å². The minimum Gasteiger partial charge on any atom is -0.508 e. The third kappa shape index (κ3) is 2.23. The van der Waals surface area contributed by atoms with Crippen LogP contribution in [0.15, 0.2) is 42.6 Å². The minimum atomic E-state index is 0.304. The van der Waals surface area contributed by atoms with Gasteiger partial charge in [0.1, 0.15) is 5.75 Å². The first-order valence-electron chi connectivity index (χ1n) is 7.31. The van der Waals surface area contributed by atoms with Gasteiger partial charge in [0.05, 0.1) is 17.8 Å². The molecule has 0 saturated heterocycles. The Balaban J connectivity index is 1.65. The number of benzene rings is 2. The summed E-state index contributed by atoms with van der Waals surface area (Å²) in [6.07, 6.45) is 5.14. The van der Waals surface area contributed by atoms with E-state index < -0.39 is 0 Å². The Morgan fingerprint density at radius 2 is 2.14 bits per heavy atom. The highest BCUT2D eigenvalue weighted by Crippen LogP contribution is 2.34. The molecular formula is C17H17N3O. The number of aromatic hydroxyl groups is 1. The average Bonchev–Trinajstić information content (AvgIpc) is 2.95. The van der Waals surface area contributed by atoms with Crippen molar-refractivity contribution in [3.8, 4) is 5.75 Å². The number of hydrogen-bond donors (Lipinski definition) is 3. The molecule has 3 aromatic rings. The molecule has 1 heterocycles. The second-order valence-corrected chi connectivity index (χ2v) is 5.64. The van der Waals surface area contributed by atoms with Gasteiger partial charge >= 0.3 is 0 Å². The molecule has 4 heteroatoms. The predicted molar refractivity (Wildman–Crippen MR) is 83.5 cm³/mol. The maximum atomic E-state index is 9.63.